The normalized spacial score (nSPS) is 34.3. The minimum Gasteiger partial charge on any atom is -0.394 e. The summed E-state index contributed by atoms with van der Waals surface area (Å²) in [6, 6.07) is -0.979. The van der Waals surface area contributed by atoms with Crippen LogP contribution < -0.4 is 5.32 Å². The van der Waals surface area contributed by atoms with Gasteiger partial charge in [-0.25, -0.2) is 0 Å². The average molecular weight is 938 g/mol. The molecule has 19 nitrogen and oxygen atoms in total. The largest absolute Gasteiger partial charge is 0.394 e. The second-order valence-corrected chi connectivity index (χ2v) is 17.6. The number of amides is 1. The van der Waals surface area contributed by atoms with Crippen LogP contribution >= 0.6 is 0 Å². The van der Waals surface area contributed by atoms with Crippen molar-refractivity contribution in [3.05, 3.63) is 24.3 Å². The minimum atomic E-state index is -1.98. The fourth-order valence-corrected chi connectivity index (χ4v) is 8.14. The summed E-state index contributed by atoms with van der Waals surface area (Å²) in [5, 5.41) is 119. The van der Waals surface area contributed by atoms with Gasteiger partial charge in [-0.05, 0) is 32.1 Å². The van der Waals surface area contributed by atoms with Gasteiger partial charge in [0, 0.05) is 6.42 Å². The Labute approximate surface area is 384 Å². The molecule has 17 atom stereocenters. The Balaban J connectivity index is 1.52. The summed E-state index contributed by atoms with van der Waals surface area (Å²) < 4.78 is 33.9. The van der Waals surface area contributed by atoms with Crippen molar-refractivity contribution in [2.24, 2.45) is 0 Å². The van der Waals surface area contributed by atoms with Gasteiger partial charge >= 0.3 is 0 Å². The van der Waals surface area contributed by atoms with Gasteiger partial charge in [-0.15, -0.1) is 0 Å². The molecule has 3 saturated heterocycles. The van der Waals surface area contributed by atoms with Crippen molar-refractivity contribution in [3.8, 4) is 0 Å². The molecular formula is C46H83NO18. The first-order chi connectivity index (χ1) is 31.3. The molecule has 0 aromatic carbocycles. The first-order valence-electron chi connectivity index (χ1n) is 24.1. The predicted octanol–water partition coefficient (Wildman–Crippen LogP) is 0.471. The molecule has 3 heterocycles. The topological polar surface area (TPSA) is 307 Å². The smallest absolute Gasteiger partial charge is 0.220 e. The number of nitrogens with one attached hydrogen (secondary N) is 1. The summed E-state index contributed by atoms with van der Waals surface area (Å²) in [7, 11) is 0. The highest BCUT2D eigenvalue weighted by atomic mass is 16.8. The van der Waals surface area contributed by atoms with Crippen molar-refractivity contribution < 1.29 is 89.4 Å². The molecule has 0 spiro atoms. The van der Waals surface area contributed by atoms with Crippen LogP contribution in [0.15, 0.2) is 24.3 Å². The SMILES string of the molecule is CCCCCCCCCCCCC/C=C/CC/C=C/C(O)C(COC1OC(CO)C(OC2OC(CO)C(OC3OC(CO)C(O)C(O)C3O)C(O)C2O)C(O)C1O)NC(=O)CCCCC. The van der Waals surface area contributed by atoms with Gasteiger partial charge in [-0.3, -0.25) is 4.79 Å². The van der Waals surface area contributed by atoms with Crippen LogP contribution in [0.25, 0.3) is 0 Å². The van der Waals surface area contributed by atoms with E-state index in [-0.39, 0.29) is 18.9 Å². The lowest BCUT2D eigenvalue weighted by atomic mass is 9.96. The van der Waals surface area contributed by atoms with Crippen LogP contribution in [0, 0.1) is 0 Å². The lowest BCUT2D eigenvalue weighted by Gasteiger charge is -2.48. The second kappa shape index (κ2) is 32.2. The fraction of sp³-hybridized carbons (Fsp3) is 0.891. The molecule has 0 saturated carbocycles. The third-order valence-corrected chi connectivity index (χ3v) is 12.3. The van der Waals surface area contributed by atoms with Gasteiger partial charge in [-0.2, -0.15) is 0 Å². The van der Waals surface area contributed by atoms with Gasteiger partial charge in [0.15, 0.2) is 18.9 Å². The van der Waals surface area contributed by atoms with Gasteiger partial charge < -0.3 is 89.9 Å². The number of aliphatic hydroxyl groups excluding tert-OH is 11. The zero-order chi connectivity index (χ0) is 47.7. The van der Waals surface area contributed by atoms with Gasteiger partial charge in [0.25, 0.3) is 0 Å². The molecule has 19 heteroatoms. The van der Waals surface area contributed by atoms with Gasteiger partial charge in [0.05, 0.1) is 38.6 Å². The summed E-state index contributed by atoms with van der Waals surface area (Å²) in [6.07, 6.45) is 0.226. The number of hydrogen-bond acceptors (Lipinski definition) is 18. The van der Waals surface area contributed by atoms with E-state index in [4.69, 9.17) is 28.4 Å². The first-order valence-corrected chi connectivity index (χ1v) is 24.1. The zero-order valence-corrected chi connectivity index (χ0v) is 38.5. The predicted molar refractivity (Wildman–Crippen MR) is 236 cm³/mol. The maximum Gasteiger partial charge on any atom is 0.220 e. The Hall–Kier alpha value is -1.73. The number of allylic oxidation sites excluding steroid dienone is 3. The fourth-order valence-electron chi connectivity index (χ4n) is 8.14. The number of carbonyl (C=O) groups excluding carboxylic acids is 1. The highest BCUT2D eigenvalue weighted by molar-refractivity contribution is 5.76. The molecule has 1 amide bonds. The number of carbonyl (C=O) groups is 1. The molecule has 0 aliphatic carbocycles. The number of rotatable bonds is 32. The molecule has 3 rings (SSSR count). The first kappa shape index (κ1) is 57.6. The van der Waals surface area contributed by atoms with Gasteiger partial charge in [-0.1, -0.05) is 115 Å². The molecule has 0 aromatic heterocycles. The Bertz CT molecular complexity index is 1310. The zero-order valence-electron chi connectivity index (χ0n) is 38.5. The van der Waals surface area contributed by atoms with Crippen LogP contribution in [0.3, 0.4) is 0 Å². The van der Waals surface area contributed by atoms with Gasteiger partial charge in [0.2, 0.25) is 5.91 Å². The second-order valence-electron chi connectivity index (χ2n) is 17.6. The van der Waals surface area contributed by atoms with Crippen molar-refractivity contribution in [2.45, 2.75) is 234 Å². The van der Waals surface area contributed by atoms with Crippen LogP contribution in [0.4, 0.5) is 0 Å². The number of ether oxygens (including phenoxy) is 6. The van der Waals surface area contributed by atoms with Crippen molar-refractivity contribution in [1.82, 2.24) is 5.32 Å². The van der Waals surface area contributed by atoms with Crippen molar-refractivity contribution in [1.29, 1.82) is 0 Å². The summed E-state index contributed by atoms with van der Waals surface area (Å²) in [6.45, 7) is 1.46. The van der Waals surface area contributed by atoms with Crippen molar-refractivity contribution in [3.63, 3.8) is 0 Å². The monoisotopic (exact) mass is 938 g/mol. The molecule has 3 aliphatic heterocycles. The minimum absolute atomic E-state index is 0.221. The Morgan fingerprint density at radius 2 is 0.985 bits per heavy atom. The lowest BCUT2D eigenvalue weighted by molar-refractivity contribution is -0.379. The highest BCUT2D eigenvalue weighted by Gasteiger charge is 2.53. The van der Waals surface area contributed by atoms with Crippen LogP contribution in [0.5, 0.6) is 0 Å². The third-order valence-electron chi connectivity index (χ3n) is 12.3. The van der Waals surface area contributed by atoms with E-state index in [0.717, 1.165) is 32.1 Å². The molecule has 65 heavy (non-hydrogen) atoms. The Morgan fingerprint density at radius 1 is 0.538 bits per heavy atom. The van der Waals surface area contributed by atoms with E-state index in [0.29, 0.717) is 12.8 Å². The summed E-state index contributed by atoms with van der Waals surface area (Å²) >= 11 is 0. The van der Waals surface area contributed by atoms with Crippen molar-refractivity contribution in [2.75, 3.05) is 26.4 Å². The standard InChI is InChI=1S/C46H83NO18/c1-3-5-7-8-9-10-11-12-13-14-15-16-17-18-19-20-22-23-30(51)29(47-34(52)24-21-6-4-2)28-60-44-40(58)37(55)42(32(26-49)62-44)65-46-41(59)38(56)43(33(27-50)63-46)64-45-39(57)36(54)35(53)31(25-48)61-45/h17-18,22-23,29-33,35-46,48-51,53-59H,3-16,19-21,24-28H2,1-2H3,(H,47,52)/b18-17+,23-22+. The van der Waals surface area contributed by atoms with Crippen LogP contribution in [-0.2, 0) is 33.2 Å². The van der Waals surface area contributed by atoms with Crippen LogP contribution in [-0.4, -0.2) is 193 Å². The van der Waals surface area contributed by atoms with Crippen LogP contribution in [0.1, 0.15) is 129 Å². The molecule has 3 aliphatic rings. The van der Waals surface area contributed by atoms with E-state index in [1.165, 1.54) is 64.2 Å². The maximum atomic E-state index is 12.8. The molecular weight excluding hydrogens is 854 g/mol. The Morgan fingerprint density at radius 3 is 1.54 bits per heavy atom. The summed E-state index contributed by atoms with van der Waals surface area (Å²) in [5.41, 5.74) is 0. The molecule has 3 fully saturated rings. The number of aliphatic hydroxyl groups is 11. The number of hydrogen-bond donors (Lipinski definition) is 12. The average Bonchev–Trinajstić information content (AvgIpc) is 3.30. The van der Waals surface area contributed by atoms with E-state index in [2.05, 4.69) is 24.4 Å². The molecule has 0 bridgehead atoms. The molecule has 0 aromatic rings. The van der Waals surface area contributed by atoms with Gasteiger partial charge in [0.1, 0.15) is 73.2 Å². The van der Waals surface area contributed by atoms with E-state index in [1.54, 1.807) is 6.08 Å². The van der Waals surface area contributed by atoms with Crippen molar-refractivity contribution >= 4 is 5.91 Å². The molecule has 0 radical (unpaired) electrons. The quantitative estimate of drug-likeness (QED) is 0.0322. The van der Waals surface area contributed by atoms with E-state index in [9.17, 15) is 61.0 Å². The Kier molecular flexibility index (Phi) is 28.5. The third kappa shape index (κ3) is 18.9. The van der Waals surface area contributed by atoms with Crippen LogP contribution in [0.2, 0.25) is 0 Å². The summed E-state index contributed by atoms with van der Waals surface area (Å²) in [4.78, 5) is 12.8. The lowest BCUT2D eigenvalue weighted by Crippen LogP contribution is -2.66. The highest BCUT2D eigenvalue weighted by Crippen LogP contribution is 2.33. The molecule has 17 unspecified atom stereocenters. The summed E-state index contributed by atoms with van der Waals surface area (Å²) in [5.74, 6) is -0.313. The van der Waals surface area contributed by atoms with E-state index < -0.39 is 124 Å². The maximum absolute atomic E-state index is 12.8. The molecule has 12 N–H and O–H groups in total. The number of unbranched alkanes of at least 4 members (excludes halogenated alkanes) is 14. The van der Waals surface area contributed by atoms with E-state index >= 15 is 0 Å². The molecule has 380 valence electrons. The van der Waals surface area contributed by atoms with E-state index in [1.807, 2.05) is 13.0 Å².